The van der Waals surface area contributed by atoms with Crippen molar-refractivity contribution in [3.8, 4) is 5.75 Å². The van der Waals surface area contributed by atoms with E-state index in [1.165, 1.54) is 28.7 Å². The molecule has 0 saturated carbocycles. The van der Waals surface area contributed by atoms with E-state index in [2.05, 4.69) is 61.6 Å². The average Bonchev–Trinajstić information content (AvgIpc) is 2.47. The molecule has 0 heterocycles. The van der Waals surface area contributed by atoms with E-state index in [9.17, 15) is 0 Å². The van der Waals surface area contributed by atoms with Crippen molar-refractivity contribution in [2.24, 2.45) is 0 Å². The van der Waals surface area contributed by atoms with Crippen molar-refractivity contribution in [3.05, 3.63) is 64.7 Å². The van der Waals surface area contributed by atoms with Crippen LogP contribution in [-0.4, -0.2) is 13.7 Å². The van der Waals surface area contributed by atoms with Crippen molar-refractivity contribution >= 4 is 0 Å². The molecule has 110 valence electrons. The second-order valence-corrected chi connectivity index (χ2v) is 5.77. The van der Waals surface area contributed by atoms with Crippen LogP contribution in [0.15, 0.2) is 42.5 Å². The highest BCUT2D eigenvalue weighted by atomic mass is 16.5. The normalized spacial score (nSPS) is 17.8. The fraction of sp³-hybridized carbons (Fsp3) is 0.368. The van der Waals surface area contributed by atoms with Crippen LogP contribution in [0.5, 0.6) is 5.75 Å². The molecule has 0 bridgehead atoms. The molecule has 1 N–H and O–H groups in total. The lowest BCUT2D eigenvalue weighted by Crippen LogP contribution is -2.33. The van der Waals surface area contributed by atoms with Crippen molar-refractivity contribution in [2.45, 2.75) is 32.2 Å². The Morgan fingerprint density at radius 3 is 2.71 bits per heavy atom. The van der Waals surface area contributed by atoms with Gasteiger partial charge in [0, 0.05) is 12.0 Å². The molecular formula is C19H23NO. The van der Waals surface area contributed by atoms with Crippen LogP contribution in [0.4, 0.5) is 0 Å². The van der Waals surface area contributed by atoms with E-state index < -0.39 is 0 Å². The molecule has 0 amide bonds. The fourth-order valence-corrected chi connectivity index (χ4v) is 3.40. The number of hydrogen-bond donors (Lipinski definition) is 1. The summed E-state index contributed by atoms with van der Waals surface area (Å²) in [5.74, 6) is 1.54. The molecule has 2 atom stereocenters. The predicted octanol–water partition coefficient (Wildman–Crippen LogP) is 3.99. The molecule has 2 heteroatoms. The highest BCUT2D eigenvalue weighted by Gasteiger charge is 2.33. The molecular weight excluding hydrogens is 258 g/mol. The highest BCUT2D eigenvalue weighted by molar-refractivity contribution is 5.45. The smallest absolute Gasteiger partial charge is 0.121 e. The maximum atomic E-state index is 5.38. The number of aryl methyl sites for hydroxylation is 1. The van der Waals surface area contributed by atoms with Gasteiger partial charge in [-0.25, -0.2) is 0 Å². The lowest BCUT2D eigenvalue weighted by molar-refractivity contribution is 0.406. The monoisotopic (exact) mass is 281 g/mol. The van der Waals surface area contributed by atoms with Crippen LogP contribution in [0.3, 0.4) is 0 Å². The Kier molecular flexibility index (Phi) is 3.98. The Balaban J connectivity index is 1.91. The molecule has 0 aromatic heterocycles. The summed E-state index contributed by atoms with van der Waals surface area (Å²) in [5.41, 5.74) is 5.55. The number of nitrogens with one attached hydrogen (secondary N) is 1. The van der Waals surface area contributed by atoms with Crippen LogP contribution < -0.4 is 10.1 Å². The van der Waals surface area contributed by atoms with Crippen LogP contribution >= 0.6 is 0 Å². The lowest BCUT2D eigenvalue weighted by Gasteiger charge is -2.37. The molecule has 2 nitrogen and oxygen atoms in total. The van der Waals surface area contributed by atoms with Gasteiger partial charge in [-0.1, -0.05) is 43.3 Å². The molecule has 2 unspecified atom stereocenters. The van der Waals surface area contributed by atoms with E-state index in [-0.39, 0.29) is 0 Å². The summed E-state index contributed by atoms with van der Waals surface area (Å²) in [5, 5.41) is 3.67. The third kappa shape index (κ3) is 2.56. The second-order valence-electron chi connectivity index (χ2n) is 5.77. The van der Waals surface area contributed by atoms with Crippen LogP contribution in [0.1, 0.15) is 41.1 Å². The third-order valence-electron chi connectivity index (χ3n) is 4.50. The fourth-order valence-electron chi connectivity index (χ4n) is 3.40. The molecule has 1 aliphatic rings. The zero-order valence-corrected chi connectivity index (χ0v) is 13.0. The van der Waals surface area contributed by atoms with Crippen molar-refractivity contribution in [3.63, 3.8) is 0 Å². The molecule has 0 aliphatic heterocycles. The van der Waals surface area contributed by atoms with Gasteiger partial charge < -0.3 is 10.1 Å². The maximum absolute atomic E-state index is 5.38. The zero-order chi connectivity index (χ0) is 14.8. The first-order chi connectivity index (χ1) is 10.2. The largest absolute Gasteiger partial charge is 0.496 e. The second kappa shape index (κ2) is 5.90. The van der Waals surface area contributed by atoms with Crippen molar-refractivity contribution in [1.82, 2.24) is 5.32 Å². The molecule has 2 aromatic carbocycles. The van der Waals surface area contributed by atoms with Gasteiger partial charge in [0.1, 0.15) is 5.75 Å². The molecule has 21 heavy (non-hydrogen) atoms. The first-order valence-corrected chi connectivity index (χ1v) is 7.70. The van der Waals surface area contributed by atoms with Crippen molar-refractivity contribution < 1.29 is 4.74 Å². The van der Waals surface area contributed by atoms with Gasteiger partial charge in [0.25, 0.3) is 0 Å². The number of benzene rings is 2. The predicted molar refractivity (Wildman–Crippen MR) is 87.0 cm³/mol. The summed E-state index contributed by atoms with van der Waals surface area (Å²) in [7, 11) is 1.73. The standard InChI is InChI=1S/C19H23NO/c1-4-20-19(15-9-10-18(21-3)13(2)11-15)17-12-14-7-5-6-8-16(14)17/h5-11,17,19-20H,4,12H2,1-3H3. The average molecular weight is 281 g/mol. The molecule has 2 aromatic rings. The van der Waals surface area contributed by atoms with Crippen LogP contribution in [0.2, 0.25) is 0 Å². The van der Waals surface area contributed by atoms with Gasteiger partial charge in [-0.05, 0) is 48.2 Å². The SMILES string of the molecule is CCNC(c1ccc(OC)c(C)c1)C1Cc2ccccc21. The van der Waals surface area contributed by atoms with Crippen LogP contribution in [0, 0.1) is 6.92 Å². The molecule has 1 aliphatic carbocycles. The van der Waals surface area contributed by atoms with Gasteiger partial charge in [-0.2, -0.15) is 0 Å². The molecule has 0 radical (unpaired) electrons. The summed E-state index contributed by atoms with van der Waals surface area (Å²) in [6.45, 7) is 5.27. The first kappa shape index (κ1) is 14.2. The summed E-state index contributed by atoms with van der Waals surface area (Å²) in [6, 6.07) is 15.7. The number of likely N-dealkylation sites (N-methyl/N-ethyl adjacent to an activating group) is 1. The van der Waals surface area contributed by atoms with Crippen LogP contribution in [0.25, 0.3) is 0 Å². The van der Waals surface area contributed by atoms with E-state index in [1.54, 1.807) is 7.11 Å². The Labute approximate surface area is 127 Å². The van der Waals surface area contributed by atoms with Gasteiger partial charge in [0.2, 0.25) is 0 Å². The zero-order valence-electron chi connectivity index (χ0n) is 13.0. The number of ether oxygens (including phenoxy) is 1. The van der Waals surface area contributed by atoms with Gasteiger partial charge in [-0.15, -0.1) is 0 Å². The highest BCUT2D eigenvalue weighted by Crippen LogP contribution is 2.43. The Bertz CT molecular complexity index is 635. The van der Waals surface area contributed by atoms with Gasteiger partial charge in [-0.3, -0.25) is 0 Å². The summed E-state index contributed by atoms with van der Waals surface area (Å²) in [6.07, 6.45) is 1.17. The van der Waals surface area contributed by atoms with Crippen LogP contribution in [-0.2, 0) is 6.42 Å². The molecule has 0 spiro atoms. The summed E-state index contributed by atoms with van der Waals surface area (Å²) in [4.78, 5) is 0. The minimum Gasteiger partial charge on any atom is -0.496 e. The molecule has 0 saturated heterocycles. The number of methoxy groups -OCH3 is 1. The van der Waals surface area contributed by atoms with E-state index in [1.807, 2.05) is 0 Å². The maximum Gasteiger partial charge on any atom is 0.121 e. The van der Waals surface area contributed by atoms with E-state index >= 15 is 0 Å². The number of rotatable bonds is 5. The summed E-state index contributed by atoms with van der Waals surface area (Å²) < 4.78 is 5.38. The van der Waals surface area contributed by atoms with Gasteiger partial charge >= 0.3 is 0 Å². The number of hydrogen-bond acceptors (Lipinski definition) is 2. The lowest BCUT2D eigenvalue weighted by atomic mass is 9.71. The minimum atomic E-state index is 0.384. The number of fused-ring (bicyclic) bond motifs is 1. The third-order valence-corrected chi connectivity index (χ3v) is 4.50. The quantitative estimate of drug-likeness (QED) is 0.894. The van der Waals surface area contributed by atoms with E-state index in [0.717, 1.165) is 12.3 Å². The van der Waals surface area contributed by atoms with Crippen molar-refractivity contribution in [2.75, 3.05) is 13.7 Å². The summed E-state index contributed by atoms with van der Waals surface area (Å²) >= 11 is 0. The van der Waals surface area contributed by atoms with E-state index in [0.29, 0.717) is 12.0 Å². The first-order valence-electron chi connectivity index (χ1n) is 7.70. The Morgan fingerprint density at radius 1 is 1.24 bits per heavy atom. The minimum absolute atomic E-state index is 0.384. The van der Waals surface area contributed by atoms with Crippen molar-refractivity contribution in [1.29, 1.82) is 0 Å². The Morgan fingerprint density at radius 2 is 2.05 bits per heavy atom. The Hall–Kier alpha value is -1.80. The van der Waals surface area contributed by atoms with E-state index in [4.69, 9.17) is 4.74 Å². The van der Waals surface area contributed by atoms with Gasteiger partial charge in [0.15, 0.2) is 0 Å². The molecule has 3 rings (SSSR count). The topological polar surface area (TPSA) is 21.3 Å². The van der Waals surface area contributed by atoms with Gasteiger partial charge in [0.05, 0.1) is 7.11 Å². The molecule has 0 fully saturated rings.